The summed E-state index contributed by atoms with van der Waals surface area (Å²) in [5.74, 6) is 0.911. The Bertz CT molecular complexity index is 1320. The summed E-state index contributed by atoms with van der Waals surface area (Å²) in [7, 11) is 1.80. The van der Waals surface area contributed by atoms with Crippen molar-refractivity contribution in [1.29, 1.82) is 0 Å². The molecule has 0 atom stereocenters. The van der Waals surface area contributed by atoms with Crippen molar-refractivity contribution in [2.45, 2.75) is 25.2 Å². The molecule has 0 aliphatic heterocycles. The van der Waals surface area contributed by atoms with Crippen molar-refractivity contribution >= 4 is 29.2 Å². The van der Waals surface area contributed by atoms with Gasteiger partial charge in [0.15, 0.2) is 5.82 Å². The summed E-state index contributed by atoms with van der Waals surface area (Å²) >= 11 is 0. The average molecular weight is 441 g/mol. The van der Waals surface area contributed by atoms with Crippen LogP contribution in [0.4, 0.5) is 10.7 Å². The molecule has 3 N–H and O–H groups in total. The number of pyridine rings is 1. The first-order chi connectivity index (χ1) is 16.1. The molecule has 5 rings (SSSR count). The van der Waals surface area contributed by atoms with Gasteiger partial charge in [-0.1, -0.05) is 6.07 Å². The van der Waals surface area contributed by atoms with E-state index >= 15 is 0 Å². The van der Waals surface area contributed by atoms with Gasteiger partial charge >= 0.3 is 6.03 Å². The Morgan fingerprint density at radius 3 is 2.67 bits per heavy atom. The van der Waals surface area contributed by atoms with Gasteiger partial charge in [-0.25, -0.2) is 19.7 Å². The quantitative estimate of drug-likeness (QED) is 0.392. The highest BCUT2D eigenvalue weighted by Crippen LogP contribution is 2.46. The summed E-state index contributed by atoms with van der Waals surface area (Å²) in [6.45, 7) is 2.38. The van der Waals surface area contributed by atoms with E-state index < -0.39 is 0 Å². The van der Waals surface area contributed by atoms with Crippen molar-refractivity contribution in [3.8, 4) is 22.5 Å². The van der Waals surface area contributed by atoms with Gasteiger partial charge in [0, 0.05) is 54.9 Å². The van der Waals surface area contributed by atoms with Gasteiger partial charge in [0.05, 0.1) is 11.2 Å². The minimum absolute atomic E-state index is 0.0106. The number of aliphatic imine (C=N–C) groups is 1. The zero-order valence-electron chi connectivity index (χ0n) is 18.5. The van der Waals surface area contributed by atoms with Crippen molar-refractivity contribution in [2.24, 2.45) is 4.99 Å². The number of H-pyrrole nitrogens is 1. The maximum absolute atomic E-state index is 12.0. The molecule has 0 saturated heterocycles. The Labute approximate surface area is 190 Å². The van der Waals surface area contributed by atoms with Crippen molar-refractivity contribution in [3.63, 3.8) is 0 Å². The number of hydrogen-bond acceptors (Lipinski definition) is 6. The summed E-state index contributed by atoms with van der Waals surface area (Å²) in [6.07, 6.45) is 9.44. The number of aromatic amines is 1. The van der Waals surface area contributed by atoms with E-state index in [1.165, 1.54) is 0 Å². The topological polar surface area (TPSA) is 121 Å². The van der Waals surface area contributed by atoms with E-state index in [1.54, 1.807) is 25.5 Å². The lowest BCUT2D eigenvalue weighted by Gasteiger charge is -2.10. The Morgan fingerprint density at radius 2 is 2.00 bits per heavy atom. The number of anilines is 1. The first-order valence-corrected chi connectivity index (χ1v) is 10.9. The fraction of sp³-hybridized carbons (Fsp3) is 0.250. The van der Waals surface area contributed by atoms with Crippen LogP contribution in [0.15, 0.2) is 53.9 Å². The highest BCUT2D eigenvalue weighted by atomic mass is 16.2. The summed E-state index contributed by atoms with van der Waals surface area (Å²) in [5.41, 5.74) is 5.16. The van der Waals surface area contributed by atoms with Crippen molar-refractivity contribution in [1.82, 2.24) is 30.2 Å². The van der Waals surface area contributed by atoms with Gasteiger partial charge in [-0.05, 0) is 49.6 Å². The van der Waals surface area contributed by atoms with Crippen molar-refractivity contribution in [3.05, 3.63) is 54.6 Å². The van der Waals surface area contributed by atoms with Crippen LogP contribution in [0.5, 0.6) is 0 Å². The molecule has 3 aromatic heterocycles. The highest BCUT2D eigenvalue weighted by Gasteiger charge is 2.44. The molecular formula is C24H24N8O. The van der Waals surface area contributed by atoms with E-state index in [0.29, 0.717) is 23.8 Å². The number of amides is 2. The van der Waals surface area contributed by atoms with E-state index in [0.717, 1.165) is 40.7 Å². The Kier molecular flexibility index (Phi) is 5.29. The summed E-state index contributed by atoms with van der Waals surface area (Å²) in [4.78, 5) is 37.5. The molecule has 1 fully saturated rings. The molecule has 1 aromatic carbocycles. The highest BCUT2D eigenvalue weighted by molar-refractivity contribution is 5.97. The number of rotatable bonds is 6. The molecular weight excluding hydrogens is 416 g/mol. The van der Waals surface area contributed by atoms with Gasteiger partial charge in [0.2, 0.25) is 5.95 Å². The van der Waals surface area contributed by atoms with E-state index in [4.69, 9.17) is 4.98 Å². The van der Waals surface area contributed by atoms with Gasteiger partial charge in [-0.3, -0.25) is 15.3 Å². The number of imidazole rings is 1. The second-order valence-corrected chi connectivity index (χ2v) is 8.04. The molecule has 3 heterocycles. The number of aromatic nitrogens is 5. The van der Waals surface area contributed by atoms with Crippen molar-refractivity contribution in [2.75, 3.05) is 18.9 Å². The molecule has 9 nitrogen and oxygen atoms in total. The molecule has 9 heteroatoms. The molecule has 33 heavy (non-hydrogen) atoms. The fourth-order valence-corrected chi connectivity index (χ4v) is 3.96. The second-order valence-electron chi connectivity index (χ2n) is 8.04. The Balaban J connectivity index is 1.57. The Morgan fingerprint density at radius 1 is 1.18 bits per heavy atom. The van der Waals surface area contributed by atoms with Crippen LogP contribution >= 0.6 is 0 Å². The van der Waals surface area contributed by atoms with Gasteiger partial charge < -0.3 is 10.3 Å². The normalized spacial score (nSPS) is 14.5. The van der Waals surface area contributed by atoms with Crippen LogP contribution in [0.2, 0.25) is 0 Å². The third-order valence-corrected chi connectivity index (χ3v) is 5.73. The molecule has 1 aliphatic carbocycles. The number of benzene rings is 1. The predicted octanol–water partition coefficient (Wildman–Crippen LogP) is 3.96. The predicted molar refractivity (Wildman–Crippen MR) is 128 cm³/mol. The maximum Gasteiger partial charge on any atom is 0.321 e. The largest absolute Gasteiger partial charge is 0.338 e. The first-order valence-electron chi connectivity index (χ1n) is 10.9. The van der Waals surface area contributed by atoms with Gasteiger partial charge in [-0.2, -0.15) is 0 Å². The SMILES string of the molecule is CCNC(=O)Nc1nc2c(-c3ncccn3)cc(-c3ccc(C4(C=NC)CC4)nc3)cc2[nH]1. The lowest BCUT2D eigenvalue weighted by Crippen LogP contribution is -2.28. The third-order valence-electron chi connectivity index (χ3n) is 5.73. The molecule has 0 bridgehead atoms. The minimum atomic E-state index is -0.321. The third kappa shape index (κ3) is 4.05. The number of nitrogens with zero attached hydrogens (tertiary/aromatic N) is 5. The van der Waals surface area contributed by atoms with Crippen LogP contribution in [0, 0.1) is 0 Å². The average Bonchev–Trinajstić information content (AvgIpc) is 3.50. The number of hydrogen-bond donors (Lipinski definition) is 3. The second kappa shape index (κ2) is 8.42. The molecule has 0 unspecified atom stereocenters. The molecule has 4 aromatic rings. The standard InChI is InChI=1S/C24H24N8O/c1-3-26-23(33)32-22-30-18-12-16(11-17(20(18)31-22)21-27-9-4-10-28-21)15-5-6-19(29-13-15)24(7-8-24)14-25-2/h4-6,9-14H,3,7-8H2,1-2H3,(H3,26,30,31,32,33). The van der Waals surface area contributed by atoms with Gasteiger partial charge in [0.1, 0.15) is 5.52 Å². The van der Waals surface area contributed by atoms with Gasteiger partial charge in [0.25, 0.3) is 0 Å². The summed E-state index contributed by atoms with van der Waals surface area (Å²) in [5, 5.41) is 5.43. The number of carbonyl (C=O) groups excluding carboxylic acids is 1. The van der Waals surface area contributed by atoms with Crippen LogP contribution in [0.1, 0.15) is 25.5 Å². The molecule has 0 spiro atoms. The number of urea groups is 1. The monoisotopic (exact) mass is 440 g/mol. The van der Waals surface area contributed by atoms with E-state index in [9.17, 15) is 4.79 Å². The molecule has 1 saturated carbocycles. The lowest BCUT2D eigenvalue weighted by atomic mass is 9.99. The van der Waals surface area contributed by atoms with E-state index in [1.807, 2.05) is 31.5 Å². The summed E-state index contributed by atoms with van der Waals surface area (Å²) < 4.78 is 0. The Hall–Kier alpha value is -4.14. The van der Waals surface area contributed by atoms with Gasteiger partial charge in [-0.15, -0.1) is 0 Å². The minimum Gasteiger partial charge on any atom is -0.338 e. The van der Waals surface area contributed by atoms with Crippen LogP contribution < -0.4 is 10.6 Å². The van der Waals surface area contributed by atoms with E-state index in [-0.39, 0.29) is 11.4 Å². The van der Waals surface area contributed by atoms with Crippen LogP contribution in [-0.4, -0.2) is 50.8 Å². The molecule has 1 aliphatic rings. The zero-order chi connectivity index (χ0) is 22.8. The lowest BCUT2D eigenvalue weighted by molar-refractivity contribution is 0.252. The van der Waals surface area contributed by atoms with Crippen LogP contribution in [0.3, 0.4) is 0 Å². The molecule has 166 valence electrons. The number of carbonyl (C=O) groups is 1. The maximum atomic E-state index is 12.0. The summed E-state index contributed by atoms with van der Waals surface area (Å²) in [6, 6.07) is 9.60. The van der Waals surface area contributed by atoms with Crippen LogP contribution in [0.25, 0.3) is 33.5 Å². The molecule has 0 radical (unpaired) electrons. The fourth-order valence-electron chi connectivity index (χ4n) is 3.96. The molecule has 2 amide bonds. The van der Waals surface area contributed by atoms with E-state index in [2.05, 4.69) is 47.7 Å². The number of fused-ring (bicyclic) bond motifs is 1. The zero-order valence-corrected chi connectivity index (χ0v) is 18.5. The number of nitrogens with one attached hydrogen (secondary N) is 3. The van der Waals surface area contributed by atoms with Crippen molar-refractivity contribution < 1.29 is 4.79 Å². The first kappa shape index (κ1) is 20.7. The van der Waals surface area contributed by atoms with Crippen LogP contribution in [-0.2, 0) is 5.41 Å². The smallest absolute Gasteiger partial charge is 0.321 e.